The fourth-order valence-corrected chi connectivity index (χ4v) is 4.33. The summed E-state index contributed by atoms with van der Waals surface area (Å²) in [5.41, 5.74) is 3.12. The van der Waals surface area contributed by atoms with Crippen LogP contribution in [0.5, 0.6) is 0 Å². The summed E-state index contributed by atoms with van der Waals surface area (Å²) in [5.74, 6) is -0.559. The van der Waals surface area contributed by atoms with E-state index in [-0.39, 0.29) is 37.1 Å². The van der Waals surface area contributed by atoms with Gasteiger partial charge in [-0.25, -0.2) is 4.98 Å². The van der Waals surface area contributed by atoms with E-state index in [9.17, 15) is 14.4 Å². The number of halogens is 1. The standard InChI is InChI=1S/C22H18BrN3O3S/c1-13-20(15-6-8-17(23)9-7-15)24-22(30-13)25-21(29)16-4-2-14(3-5-16)12-26-18(27)10-11-19(26)28/h2-9H,10-12H2,1H3,(H,24,25,29). The molecule has 1 aromatic heterocycles. The number of hydrogen-bond acceptors (Lipinski definition) is 5. The van der Waals surface area contributed by atoms with E-state index in [2.05, 4.69) is 26.2 Å². The Hall–Kier alpha value is -2.84. The third-order valence-electron chi connectivity index (χ3n) is 4.85. The largest absolute Gasteiger partial charge is 0.298 e. The van der Waals surface area contributed by atoms with Crippen LogP contribution in [0.2, 0.25) is 0 Å². The lowest BCUT2D eigenvalue weighted by Gasteiger charge is -2.13. The molecule has 0 bridgehead atoms. The minimum Gasteiger partial charge on any atom is -0.298 e. The number of amides is 3. The van der Waals surface area contributed by atoms with Crippen molar-refractivity contribution in [2.24, 2.45) is 0 Å². The van der Waals surface area contributed by atoms with Gasteiger partial charge in [-0.05, 0) is 36.8 Å². The van der Waals surface area contributed by atoms with Crippen molar-refractivity contribution in [3.8, 4) is 11.3 Å². The van der Waals surface area contributed by atoms with Crippen LogP contribution < -0.4 is 5.32 Å². The van der Waals surface area contributed by atoms with E-state index >= 15 is 0 Å². The summed E-state index contributed by atoms with van der Waals surface area (Å²) < 4.78 is 0.995. The van der Waals surface area contributed by atoms with Crippen molar-refractivity contribution in [2.45, 2.75) is 26.3 Å². The van der Waals surface area contributed by atoms with Gasteiger partial charge >= 0.3 is 0 Å². The molecule has 152 valence electrons. The molecule has 1 fully saturated rings. The highest BCUT2D eigenvalue weighted by Crippen LogP contribution is 2.31. The number of benzene rings is 2. The van der Waals surface area contributed by atoms with E-state index in [1.807, 2.05) is 31.2 Å². The first-order valence-corrected chi connectivity index (χ1v) is 11.0. The van der Waals surface area contributed by atoms with Gasteiger partial charge in [-0.2, -0.15) is 0 Å². The zero-order valence-corrected chi connectivity index (χ0v) is 18.5. The topological polar surface area (TPSA) is 79.4 Å². The van der Waals surface area contributed by atoms with Gasteiger partial charge in [0.05, 0.1) is 12.2 Å². The van der Waals surface area contributed by atoms with Crippen LogP contribution in [-0.2, 0) is 16.1 Å². The third-order valence-corrected chi connectivity index (χ3v) is 6.26. The summed E-state index contributed by atoms with van der Waals surface area (Å²) in [6.45, 7) is 2.21. The molecule has 3 amide bonds. The zero-order chi connectivity index (χ0) is 21.3. The maximum Gasteiger partial charge on any atom is 0.257 e. The van der Waals surface area contributed by atoms with Gasteiger partial charge in [0.1, 0.15) is 0 Å². The van der Waals surface area contributed by atoms with Crippen LogP contribution in [0.4, 0.5) is 5.13 Å². The second kappa shape index (κ2) is 8.49. The van der Waals surface area contributed by atoms with Crippen LogP contribution in [0.3, 0.4) is 0 Å². The number of thiazole rings is 1. The molecule has 30 heavy (non-hydrogen) atoms. The summed E-state index contributed by atoms with van der Waals surface area (Å²) >= 11 is 4.85. The predicted molar refractivity (Wildman–Crippen MR) is 119 cm³/mol. The van der Waals surface area contributed by atoms with Crippen molar-refractivity contribution in [3.63, 3.8) is 0 Å². The monoisotopic (exact) mass is 483 g/mol. The van der Waals surface area contributed by atoms with Crippen LogP contribution in [0.25, 0.3) is 11.3 Å². The van der Waals surface area contributed by atoms with E-state index in [4.69, 9.17) is 0 Å². The molecule has 1 aliphatic rings. The number of rotatable bonds is 5. The molecule has 2 aromatic carbocycles. The molecular formula is C22H18BrN3O3S. The molecule has 1 saturated heterocycles. The molecule has 3 aromatic rings. The number of imide groups is 1. The molecule has 2 heterocycles. The average Bonchev–Trinajstić information content (AvgIpc) is 3.25. The first-order chi connectivity index (χ1) is 14.4. The minimum absolute atomic E-state index is 0.150. The SMILES string of the molecule is Cc1sc(NC(=O)c2ccc(CN3C(=O)CCC3=O)cc2)nc1-c1ccc(Br)cc1. The number of nitrogens with one attached hydrogen (secondary N) is 1. The van der Waals surface area contributed by atoms with Gasteiger partial charge in [0.15, 0.2) is 5.13 Å². The molecule has 4 rings (SSSR count). The molecule has 0 unspecified atom stereocenters. The Bertz CT molecular complexity index is 1110. The van der Waals surface area contributed by atoms with Crippen LogP contribution >= 0.6 is 27.3 Å². The van der Waals surface area contributed by atoms with Crippen molar-refractivity contribution in [2.75, 3.05) is 5.32 Å². The number of aryl methyl sites for hydroxylation is 1. The van der Waals surface area contributed by atoms with Gasteiger partial charge in [0.2, 0.25) is 11.8 Å². The number of hydrogen-bond donors (Lipinski definition) is 1. The highest BCUT2D eigenvalue weighted by atomic mass is 79.9. The summed E-state index contributed by atoms with van der Waals surface area (Å²) in [7, 11) is 0. The second-order valence-corrected chi connectivity index (χ2v) is 9.07. The Morgan fingerprint density at radius 1 is 1.07 bits per heavy atom. The molecule has 8 heteroatoms. The molecule has 0 saturated carbocycles. The number of aromatic nitrogens is 1. The Kier molecular flexibility index (Phi) is 5.78. The number of anilines is 1. The molecular weight excluding hydrogens is 466 g/mol. The maximum absolute atomic E-state index is 12.6. The van der Waals surface area contributed by atoms with Gasteiger partial charge in [-0.1, -0.05) is 40.2 Å². The number of carbonyl (C=O) groups excluding carboxylic acids is 3. The van der Waals surface area contributed by atoms with Crippen LogP contribution in [-0.4, -0.2) is 27.6 Å². The number of nitrogens with zero attached hydrogens (tertiary/aromatic N) is 2. The second-order valence-electron chi connectivity index (χ2n) is 6.96. The number of likely N-dealkylation sites (tertiary alicyclic amines) is 1. The van der Waals surface area contributed by atoms with Crippen molar-refractivity contribution in [1.29, 1.82) is 0 Å². The van der Waals surface area contributed by atoms with E-state index in [0.717, 1.165) is 26.2 Å². The molecule has 6 nitrogen and oxygen atoms in total. The Morgan fingerprint density at radius 3 is 2.33 bits per heavy atom. The van der Waals surface area contributed by atoms with Crippen molar-refractivity contribution in [1.82, 2.24) is 9.88 Å². The highest BCUT2D eigenvalue weighted by molar-refractivity contribution is 9.10. The first-order valence-electron chi connectivity index (χ1n) is 9.37. The fraction of sp³-hybridized carbons (Fsp3) is 0.182. The lowest BCUT2D eigenvalue weighted by atomic mass is 10.1. The molecule has 1 N–H and O–H groups in total. The first kappa shape index (κ1) is 20.4. The van der Waals surface area contributed by atoms with Crippen LogP contribution in [0.15, 0.2) is 53.0 Å². The molecule has 0 atom stereocenters. The van der Waals surface area contributed by atoms with Crippen molar-refractivity contribution < 1.29 is 14.4 Å². The van der Waals surface area contributed by atoms with E-state index in [1.54, 1.807) is 24.3 Å². The Morgan fingerprint density at radius 2 is 1.70 bits per heavy atom. The lowest BCUT2D eigenvalue weighted by Crippen LogP contribution is -2.28. The van der Waals surface area contributed by atoms with Gasteiger partial charge in [0.25, 0.3) is 5.91 Å². The van der Waals surface area contributed by atoms with Crippen molar-refractivity contribution >= 4 is 50.1 Å². The Labute approximate surface area is 186 Å². The Balaban J connectivity index is 1.44. The van der Waals surface area contributed by atoms with Crippen molar-refractivity contribution in [3.05, 3.63) is 69.0 Å². The van der Waals surface area contributed by atoms with E-state index in [1.165, 1.54) is 16.2 Å². The fourth-order valence-electron chi connectivity index (χ4n) is 3.24. The van der Waals surface area contributed by atoms with E-state index in [0.29, 0.717) is 10.7 Å². The highest BCUT2D eigenvalue weighted by Gasteiger charge is 2.28. The number of carbonyl (C=O) groups is 3. The maximum atomic E-state index is 12.6. The summed E-state index contributed by atoms with van der Waals surface area (Å²) in [6, 6.07) is 14.8. The van der Waals surface area contributed by atoms with E-state index < -0.39 is 0 Å². The van der Waals surface area contributed by atoms with Crippen LogP contribution in [0.1, 0.15) is 33.6 Å². The lowest BCUT2D eigenvalue weighted by molar-refractivity contribution is -0.139. The normalized spacial score (nSPS) is 13.7. The van der Waals surface area contributed by atoms with Gasteiger partial charge in [0, 0.05) is 33.3 Å². The smallest absolute Gasteiger partial charge is 0.257 e. The van der Waals surface area contributed by atoms with Gasteiger partial charge in [-0.15, -0.1) is 11.3 Å². The van der Waals surface area contributed by atoms with Gasteiger partial charge in [-0.3, -0.25) is 24.6 Å². The predicted octanol–water partition coefficient (Wildman–Crippen LogP) is 4.78. The summed E-state index contributed by atoms with van der Waals surface area (Å²) in [5, 5.41) is 3.38. The minimum atomic E-state index is -0.258. The summed E-state index contributed by atoms with van der Waals surface area (Å²) in [6.07, 6.45) is 0.545. The van der Waals surface area contributed by atoms with Crippen LogP contribution in [0, 0.1) is 6.92 Å². The average molecular weight is 484 g/mol. The van der Waals surface area contributed by atoms with Gasteiger partial charge < -0.3 is 0 Å². The molecule has 0 aliphatic carbocycles. The zero-order valence-electron chi connectivity index (χ0n) is 16.1. The molecule has 0 spiro atoms. The molecule has 1 aliphatic heterocycles. The summed E-state index contributed by atoms with van der Waals surface area (Å²) in [4.78, 5) is 42.9. The molecule has 0 radical (unpaired) electrons. The third kappa shape index (κ3) is 4.34. The quantitative estimate of drug-likeness (QED) is 0.529.